The van der Waals surface area contributed by atoms with Crippen molar-refractivity contribution in [1.82, 2.24) is 5.32 Å². The Bertz CT molecular complexity index is 498. The highest BCUT2D eigenvalue weighted by atomic mass is 32.2. The summed E-state index contributed by atoms with van der Waals surface area (Å²) in [5.74, 6) is -0.348. The number of nitrogens with zero attached hydrogens (tertiary/aromatic N) is 1. The average Bonchev–Trinajstić information content (AvgIpc) is 2.45. The predicted molar refractivity (Wildman–Crippen MR) is 93.7 cm³/mol. The molecule has 0 aromatic heterocycles. The number of rotatable bonds is 11. The van der Waals surface area contributed by atoms with Crippen molar-refractivity contribution in [2.24, 2.45) is 0 Å². The molecule has 136 valence electrons. The minimum absolute atomic E-state index is 0.0311. The lowest BCUT2D eigenvalue weighted by molar-refractivity contribution is -0.946. The lowest BCUT2D eigenvalue weighted by Gasteiger charge is -2.43. The third-order valence-electron chi connectivity index (χ3n) is 4.76. The Morgan fingerprint density at radius 1 is 1.22 bits per heavy atom. The van der Waals surface area contributed by atoms with E-state index in [0.717, 1.165) is 30.5 Å². The number of amides is 1. The second kappa shape index (κ2) is 9.39. The fraction of sp³-hybridized carbons (Fsp3) is 0.812. The van der Waals surface area contributed by atoms with Gasteiger partial charge in [-0.25, -0.2) is 0 Å². The van der Waals surface area contributed by atoms with Crippen LogP contribution in [0, 0.1) is 0 Å². The first-order chi connectivity index (χ1) is 10.5. The van der Waals surface area contributed by atoms with Gasteiger partial charge in [-0.3, -0.25) is 9.35 Å². The fourth-order valence-electron chi connectivity index (χ4n) is 2.85. The first kappa shape index (κ1) is 22.1. The summed E-state index contributed by atoms with van der Waals surface area (Å²) in [4.78, 5) is 11.7. The molecule has 0 aromatic rings. The fourth-order valence-corrected chi connectivity index (χ4v) is 3.49. The third kappa shape index (κ3) is 7.94. The lowest BCUT2D eigenvalue weighted by Crippen LogP contribution is -2.56. The second-order valence-electron chi connectivity index (χ2n) is 6.44. The molecule has 0 spiro atoms. The van der Waals surface area contributed by atoms with Crippen molar-refractivity contribution >= 4 is 16.0 Å². The van der Waals surface area contributed by atoms with Gasteiger partial charge in [-0.2, -0.15) is 8.42 Å². The van der Waals surface area contributed by atoms with Gasteiger partial charge in [0.25, 0.3) is 10.1 Å². The van der Waals surface area contributed by atoms with Crippen LogP contribution in [-0.2, 0) is 14.9 Å². The summed E-state index contributed by atoms with van der Waals surface area (Å²) in [5, 5.41) is 2.91. The Balaban J connectivity index is 4.76. The molecule has 0 heterocycles. The van der Waals surface area contributed by atoms with E-state index in [1.165, 1.54) is 0 Å². The molecule has 0 aliphatic rings. The van der Waals surface area contributed by atoms with Gasteiger partial charge < -0.3 is 9.80 Å². The number of carbonyl (C=O) groups is 1. The van der Waals surface area contributed by atoms with Crippen LogP contribution in [0.4, 0.5) is 0 Å². The molecule has 2 N–H and O–H groups in total. The molecule has 7 heteroatoms. The molecule has 0 radical (unpaired) electrons. The van der Waals surface area contributed by atoms with Crippen LogP contribution in [0.2, 0.25) is 0 Å². The minimum Gasteiger partial charge on any atom is -0.350 e. The molecule has 0 aromatic carbocycles. The molecule has 2 unspecified atom stereocenters. The van der Waals surface area contributed by atoms with E-state index in [9.17, 15) is 13.2 Å². The topological polar surface area (TPSA) is 83.5 Å². The van der Waals surface area contributed by atoms with Crippen molar-refractivity contribution in [2.75, 3.05) is 25.4 Å². The van der Waals surface area contributed by atoms with Crippen LogP contribution in [-0.4, -0.2) is 60.8 Å². The van der Waals surface area contributed by atoms with Gasteiger partial charge in [-0.15, -0.1) is 0 Å². The summed E-state index contributed by atoms with van der Waals surface area (Å²) in [6, 6.07) is 0.152. The highest BCUT2D eigenvalue weighted by Crippen LogP contribution is 2.19. The number of quaternary nitrogens is 1. The molecule has 2 atom stereocenters. The van der Waals surface area contributed by atoms with Crippen LogP contribution in [0.5, 0.6) is 0 Å². The van der Waals surface area contributed by atoms with Gasteiger partial charge >= 0.3 is 0 Å². The van der Waals surface area contributed by atoms with Crippen LogP contribution < -0.4 is 5.32 Å². The quantitative estimate of drug-likeness (QED) is 0.339. The zero-order valence-corrected chi connectivity index (χ0v) is 15.9. The molecule has 6 nitrogen and oxygen atoms in total. The normalized spacial score (nSPS) is 15.0. The summed E-state index contributed by atoms with van der Waals surface area (Å²) < 4.78 is 31.7. The van der Waals surface area contributed by atoms with Gasteiger partial charge in [0.2, 0.25) is 5.91 Å². The van der Waals surface area contributed by atoms with Crippen molar-refractivity contribution in [3.8, 4) is 0 Å². The van der Waals surface area contributed by atoms with E-state index < -0.39 is 10.1 Å². The highest BCUT2D eigenvalue weighted by Gasteiger charge is 2.31. The van der Waals surface area contributed by atoms with Gasteiger partial charge in [0.15, 0.2) is 0 Å². The summed E-state index contributed by atoms with van der Waals surface area (Å²) >= 11 is 0. The average molecular weight is 350 g/mol. The minimum atomic E-state index is -3.93. The number of hydrogen-bond acceptors (Lipinski definition) is 3. The Morgan fingerprint density at radius 3 is 2.13 bits per heavy atom. The van der Waals surface area contributed by atoms with Gasteiger partial charge in [-0.1, -0.05) is 6.58 Å². The SMILES string of the molecule is C=C(C)C(=O)NC(C)CC[N+](CC)(CC)C(C)CCS(=O)(=O)O. The van der Waals surface area contributed by atoms with Crippen LogP contribution in [0.1, 0.15) is 47.5 Å². The van der Waals surface area contributed by atoms with Gasteiger partial charge in [0.1, 0.15) is 0 Å². The first-order valence-electron chi connectivity index (χ1n) is 8.24. The van der Waals surface area contributed by atoms with Crippen molar-refractivity contribution < 1.29 is 22.2 Å². The van der Waals surface area contributed by atoms with Crippen LogP contribution in [0.3, 0.4) is 0 Å². The number of hydrogen-bond donors (Lipinski definition) is 2. The zero-order valence-electron chi connectivity index (χ0n) is 15.1. The van der Waals surface area contributed by atoms with Crippen molar-refractivity contribution in [3.63, 3.8) is 0 Å². The molecule has 0 aliphatic heterocycles. The van der Waals surface area contributed by atoms with E-state index in [2.05, 4.69) is 25.7 Å². The Hall–Kier alpha value is -0.920. The molecule has 1 amide bonds. The van der Waals surface area contributed by atoms with Gasteiger partial charge in [0.05, 0.1) is 31.4 Å². The van der Waals surface area contributed by atoms with Gasteiger partial charge in [-0.05, 0) is 34.6 Å². The number of carbonyl (C=O) groups excluding carboxylic acids is 1. The smallest absolute Gasteiger partial charge is 0.265 e. The lowest BCUT2D eigenvalue weighted by atomic mass is 10.1. The predicted octanol–water partition coefficient (Wildman–Crippen LogP) is 1.98. The maximum Gasteiger partial charge on any atom is 0.265 e. The van der Waals surface area contributed by atoms with Crippen molar-refractivity contribution in [2.45, 2.75) is 59.5 Å². The second-order valence-corrected chi connectivity index (χ2v) is 8.01. The van der Waals surface area contributed by atoms with E-state index in [0.29, 0.717) is 12.0 Å². The molecule has 0 rings (SSSR count). The summed E-state index contributed by atoms with van der Waals surface area (Å²) in [7, 11) is -3.93. The van der Waals surface area contributed by atoms with Gasteiger partial charge in [0, 0.05) is 24.5 Å². The van der Waals surface area contributed by atoms with E-state index >= 15 is 0 Å². The largest absolute Gasteiger partial charge is 0.350 e. The van der Waals surface area contributed by atoms with E-state index in [1.54, 1.807) is 6.92 Å². The zero-order chi connectivity index (χ0) is 18.3. The monoisotopic (exact) mass is 349 g/mol. The molecule has 0 bridgehead atoms. The maximum atomic E-state index is 11.7. The Kier molecular flexibility index (Phi) is 9.02. The summed E-state index contributed by atoms with van der Waals surface area (Å²) in [6.07, 6.45) is 1.23. The third-order valence-corrected chi connectivity index (χ3v) is 5.51. The van der Waals surface area contributed by atoms with E-state index in [1.807, 2.05) is 13.8 Å². The molecular weight excluding hydrogens is 316 g/mol. The molecule has 0 aliphatic carbocycles. The summed E-state index contributed by atoms with van der Waals surface area (Å²) in [6.45, 7) is 16.1. The van der Waals surface area contributed by atoms with E-state index in [-0.39, 0.29) is 23.7 Å². The van der Waals surface area contributed by atoms with Crippen LogP contribution in [0.25, 0.3) is 0 Å². The maximum absolute atomic E-state index is 11.7. The molecule has 0 saturated carbocycles. The number of nitrogens with one attached hydrogen (secondary N) is 1. The first-order valence-corrected chi connectivity index (χ1v) is 9.85. The molecular formula is C16H33N2O4S+. The molecule has 23 heavy (non-hydrogen) atoms. The van der Waals surface area contributed by atoms with E-state index in [4.69, 9.17) is 4.55 Å². The molecule has 0 fully saturated rings. The Morgan fingerprint density at radius 2 is 1.74 bits per heavy atom. The summed E-state index contributed by atoms with van der Waals surface area (Å²) in [5.41, 5.74) is 0.491. The van der Waals surface area contributed by atoms with Crippen molar-refractivity contribution in [3.05, 3.63) is 12.2 Å². The highest BCUT2D eigenvalue weighted by molar-refractivity contribution is 7.85. The molecule has 0 saturated heterocycles. The van der Waals surface area contributed by atoms with Crippen LogP contribution >= 0.6 is 0 Å². The van der Waals surface area contributed by atoms with Crippen molar-refractivity contribution in [1.29, 1.82) is 0 Å². The standard InChI is InChI=1S/C16H32N2O4S/c1-7-18(8-2,15(6)10-12-23(20,21)22)11-9-14(5)17-16(19)13(3)4/h14-15H,3,7-12H2,1-2,4-6H3,(H-,17,19,20,21,22)/p+1. The van der Waals surface area contributed by atoms with Crippen LogP contribution in [0.15, 0.2) is 12.2 Å². The Labute approximate surface area is 141 Å².